The van der Waals surface area contributed by atoms with Gasteiger partial charge in [-0.15, -0.1) is 0 Å². The summed E-state index contributed by atoms with van der Waals surface area (Å²) in [6.07, 6.45) is 3.56. The second kappa shape index (κ2) is 6.32. The molecule has 1 aliphatic heterocycles. The number of nitrogens with zero attached hydrogens (tertiary/aromatic N) is 1. The van der Waals surface area contributed by atoms with Gasteiger partial charge in [0.2, 0.25) is 0 Å². The fourth-order valence-corrected chi connectivity index (χ4v) is 4.94. The van der Waals surface area contributed by atoms with Crippen LogP contribution >= 0.6 is 7.29 Å². The van der Waals surface area contributed by atoms with Crippen molar-refractivity contribution in [3.63, 3.8) is 0 Å². The van der Waals surface area contributed by atoms with Crippen molar-refractivity contribution in [2.45, 2.75) is 39.0 Å². The number of ether oxygens (including phenoxy) is 1. The Hall–Kier alpha value is -0.790. The summed E-state index contributed by atoms with van der Waals surface area (Å²) in [6, 6.07) is 6.07. The van der Waals surface area contributed by atoms with Crippen LogP contribution in [0.3, 0.4) is 0 Å². The van der Waals surface area contributed by atoms with E-state index < -0.39 is 7.29 Å². The van der Waals surface area contributed by atoms with E-state index in [4.69, 9.17) is 4.74 Å². The number of hydrogen-bond acceptors (Lipinski definition) is 2. The zero-order valence-corrected chi connectivity index (χ0v) is 14.0. The molecule has 1 saturated heterocycles. The van der Waals surface area contributed by atoms with Gasteiger partial charge in [0.1, 0.15) is 5.75 Å². The maximum absolute atomic E-state index is 13.2. The van der Waals surface area contributed by atoms with E-state index in [1.807, 2.05) is 18.8 Å². The van der Waals surface area contributed by atoms with Gasteiger partial charge in [-0.3, -0.25) is 0 Å². The molecule has 2 rings (SSSR count). The lowest BCUT2D eigenvalue weighted by Crippen LogP contribution is -2.30. The molecule has 0 radical (unpaired) electrons. The topological polar surface area (TPSA) is 29.5 Å². The van der Waals surface area contributed by atoms with E-state index in [9.17, 15) is 4.57 Å². The molecule has 1 unspecified atom stereocenters. The first-order valence-electron chi connectivity index (χ1n) is 7.48. The van der Waals surface area contributed by atoms with Crippen molar-refractivity contribution in [1.29, 1.82) is 0 Å². The summed E-state index contributed by atoms with van der Waals surface area (Å²) in [5.41, 5.74) is 1.18. The second-order valence-corrected chi connectivity index (χ2v) is 8.81. The summed E-state index contributed by atoms with van der Waals surface area (Å²) in [5, 5.41) is 0.917. The predicted octanol–water partition coefficient (Wildman–Crippen LogP) is 3.84. The summed E-state index contributed by atoms with van der Waals surface area (Å²) < 4.78 is 20.8. The Morgan fingerprint density at radius 2 is 1.85 bits per heavy atom. The molecule has 1 aliphatic rings. The third-order valence-electron chi connectivity index (χ3n) is 4.19. The number of hydrogen-bond donors (Lipinski definition) is 0. The lowest BCUT2D eigenvalue weighted by atomic mass is 10.0. The van der Waals surface area contributed by atoms with Crippen molar-refractivity contribution in [3.8, 4) is 5.75 Å². The molecule has 0 spiro atoms. The average Bonchev–Trinajstić information content (AvgIpc) is 2.47. The van der Waals surface area contributed by atoms with Crippen molar-refractivity contribution >= 4 is 12.6 Å². The van der Waals surface area contributed by atoms with Gasteiger partial charge in [0, 0.05) is 25.1 Å². The fraction of sp³-hybridized carbons (Fsp3) is 0.625. The molecule has 1 atom stereocenters. The highest BCUT2D eigenvalue weighted by Crippen LogP contribution is 2.47. The Labute approximate surface area is 122 Å². The molecule has 0 saturated carbocycles. The van der Waals surface area contributed by atoms with Gasteiger partial charge in [-0.25, -0.2) is 4.67 Å². The highest BCUT2D eigenvalue weighted by Gasteiger charge is 2.29. The van der Waals surface area contributed by atoms with Crippen LogP contribution in [-0.4, -0.2) is 31.5 Å². The molecular formula is C16H26NO2P. The smallest absolute Gasteiger partial charge is 0.175 e. The van der Waals surface area contributed by atoms with E-state index in [0.29, 0.717) is 5.92 Å². The number of benzene rings is 1. The lowest BCUT2D eigenvalue weighted by Gasteiger charge is -2.32. The Bertz CT molecular complexity index is 507. The molecule has 0 aromatic heterocycles. The zero-order valence-electron chi connectivity index (χ0n) is 13.1. The van der Waals surface area contributed by atoms with Gasteiger partial charge < -0.3 is 9.30 Å². The minimum absolute atomic E-state index is 0.408. The Balaban J connectivity index is 2.34. The van der Waals surface area contributed by atoms with Crippen molar-refractivity contribution < 1.29 is 9.30 Å². The molecule has 0 amide bonds. The molecule has 20 heavy (non-hydrogen) atoms. The molecule has 0 aliphatic carbocycles. The zero-order chi connectivity index (χ0) is 14.8. The monoisotopic (exact) mass is 295 g/mol. The van der Waals surface area contributed by atoms with Crippen LogP contribution in [0.5, 0.6) is 5.75 Å². The van der Waals surface area contributed by atoms with E-state index in [1.165, 1.54) is 12.0 Å². The van der Waals surface area contributed by atoms with E-state index in [-0.39, 0.29) is 0 Å². The SMILES string of the molecule is COc1cc(P(C)(=O)N2CCCCC2)ccc1C(C)C. The number of rotatable bonds is 4. The van der Waals surface area contributed by atoms with E-state index in [1.54, 1.807) is 7.11 Å². The van der Waals surface area contributed by atoms with E-state index in [2.05, 4.69) is 24.6 Å². The molecular weight excluding hydrogens is 269 g/mol. The van der Waals surface area contributed by atoms with Gasteiger partial charge in [0.05, 0.1) is 7.11 Å². The highest BCUT2D eigenvalue weighted by atomic mass is 31.2. The molecule has 1 aromatic carbocycles. The molecule has 1 aromatic rings. The molecule has 4 heteroatoms. The van der Waals surface area contributed by atoms with Crippen LogP contribution in [0.25, 0.3) is 0 Å². The minimum atomic E-state index is -2.46. The van der Waals surface area contributed by atoms with Crippen molar-refractivity contribution in [2.75, 3.05) is 26.9 Å². The molecule has 3 nitrogen and oxygen atoms in total. The van der Waals surface area contributed by atoms with Crippen LogP contribution in [0, 0.1) is 0 Å². The first-order valence-corrected chi connectivity index (χ1v) is 9.59. The van der Waals surface area contributed by atoms with Gasteiger partial charge in [-0.2, -0.15) is 0 Å². The average molecular weight is 295 g/mol. The van der Waals surface area contributed by atoms with Gasteiger partial charge in [0.25, 0.3) is 0 Å². The summed E-state index contributed by atoms with van der Waals surface area (Å²) in [7, 11) is -0.770. The molecule has 0 bridgehead atoms. The first kappa shape index (κ1) is 15.6. The maximum atomic E-state index is 13.2. The van der Waals surface area contributed by atoms with Crippen LogP contribution in [-0.2, 0) is 4.57 Å². The highest BCUT2D eigenvalue weighted by molar-refractivity contribution is 7.68. The standard InChI is InChI=1S/C16H26NO2P/c1-13(2)15-9-8-14(12-16(15)19-3)20(4,18)17-10-6-5-7-11-17/h8-9,12-13H,5-7,10-11H2,1-4H3. The quantitative estimate of drug-likeness (QED) is 0.790. The van der Waals surface area contributed by atoms with Crippen LogP contribution in [0.4, 0.5) is 0 Å². The van der Waals surface area contributed by atoms with Gasteiger partial charge in [-0.05, 0) is 36.5 Å². The third kappa shape index (κ3) is 3.10. The largest absolute Gasteiger partial charge is 0.496 e. The van der Waals surface area contributed by atoms with Gasteiger partial charge >= 0.3 is 0 Å². The summed E-state index contributed by atoms with van der Waals surface area (Å²) >= 11 is 0. The van der Waals surface area contributed by atoms with Gasteiger partial charge in [0.15, 0.2) is 7.29 Å². The van der Waals surface area contributed by atoms with Crippen molar-refractivity contribution in [2.24, 2.45) is 0 Å². The maximum Gasteiger partial charge on any atom is 0.175 e. The van der Waals surface area contributed by atoms with E-state index >= 15 is 0 Å². The molecule has 1 heterocycles. The van der Waals surface area contributed by atoms with Gasteiger partial charge in [-0.1, -0.05) is 26.3 Å². The van der Waals surface area contributed by atoms with Crippen LogP contribution in [0.15, 0.2) is 18.2 Å². The normalized spacial score (nSPS) is 19.9. The van der Waals surface area contributed by atoms with E-state index in [0.717, 1.165) is 37.0 Å². The van der Waals surface area contributed by atoms with Crippen LogP contribution in [0.1, 0.15) is 44.6 Å². The number of methoxy groups -OCH3 is 1. The molecule has 112 valence electrons. The Morgan fingerprint density at radius 3 is 2.40 bits per heavy atom. The minimum Gasteiger partial charge on any atom is -0.496 e. The fourth-order valence-electron chi connectivity index (χ4n) is 2.86. The first-order chi connectivity index (χ1) is 9.46. The number of piperidine rings is 1. The van der Waals surface area contributed by atoms with Crippen molar-refractivity contribution in [1.82, 2.24) is 4.67 Å². The molecule has 1 fully saturated rings. The third-order valence-corrected chi connectivity index (χ3v) is 6.91. The summed E-state index contributed by atoms with van der Waals surface area (Å²) in [5.74, 6) is 1.27. The summed E-state index contributed by atoms with van der Waals surface area (Å²) in [6.45, 7) is 8.08. The lowest BCUT2D eigenvalue weighted by molar-refractivity contribution is 0.350. The molecule has 0 N–H and O–H groups in total. The van der Waals surface area contributed by atoms with Crippen molar-refractivity contribution in [3.05, 3.63) is 23.8 Å². The second-order valence-electron chi connectivity index (χ2n) is 5.97. The van der Waals surface area contributed by atoms with Crippen LogP contribution in [0.2, 0.25) is 0 Å². The Morgan fingerprint density at radius 1 is 1.20 bits per heavy atom. The summed E-state index contributed by atoms with van der Waals surface area (Å²) in [4.78, 5) is 0. The Kier molecular flexibility index (Phi) is 4.93. The van der Waals surface area contributed by atoms with Crippen LogP contribution < -0.4 is 10.0 Å². The predicted molar refractivity (Wildman–Crippen MR) is 85.7 cm³/mol.